The zero-order valence-electron chi connectivity index (χ0n) is 10.1. The molecule has 2 heterocycles. The quantitative estimate of drug-likeness (QED) is 0.855. The van der Waals surface area contributed by atoms with Crippen LogP contribution in [0.4, 0.5) is 0 Å². The van der Waals surface area contributed by atoms with Gasteiger partial charge in [0.05, 0.1) is 10.3 Å². The summed E-state index contributed by atoms with van der Waals surface area (Å²) in [6.07, 6.45) is 3.66. The van der Waals surface area contributed by atoms with Crippen LogP contribution in [-0.2, 0) is 14.8 Å². The maximum absolute atomic E-state index is 12.2. The molecule has 0 radical (unpaired) electrons. The maximum Gasteiger partial charge on any atom is 0.309 e. The van der Waals surface area contributed by atoms with E-state index >= 15 is 0 Å². The predicted molar refractivity (Wildman–Crippen MR) is 64.5 cm³/mol. The second-order valence-electron chi connectivity index (χ2n) is 4.82. The van der Waals surface area contributed by atoms with E-state index in [1.165, 1.54) is 16.6 Å². The van der Waals surface area contributed by atoms with E-state index in [2.05, 4.69) is 4.98 Å². The number of aliphatic carboxylic acids is 1. The van der Waals surface area contributed by atoms with E-state index < -0.39 is 21.4 Å². The van der Waals surface area contributed by atoms with Crippen molar-refractivity contribution < 1.29 is 18.3 Å². The number of H-pyrrole nitrogens is 1. The van der Waals surface area contributed by atoms with Gasteiger partial charge in [-0.2, -0.15) is 4.31 Å². The third-order valence-corrected chi connectivity index (χ3v) is 5.44. The van der Waals surface area contributed by atoms with Crippen molar-refractivity contribution >= 4 is 16.0 Å². The summed E-state index contributed by atoms with van der Waals surface area (Å²) in [5, 5.41) is 9.10. The van der Waals surface area contributed by atoms with Crippen LogP contribution >= 0.6 is 0 Å². The first-order valence-corrected chi connectivity index (χ1v) is 7.17. The Morgan fingerprint density at radius 1 is 1.44 bits per heavy atom. The molecule has 100 valence electrons. The van der Waals surface area contributed by atoms with Crippen LogP contribution in [-0.4, -0.2) is 41.9 Å². The molecule has 1 aliphatic heterocycles. The number of hydrogen-bond acceptors (Lipinski definition) is 3. The normalized spacial score (nSPS) is 20.7. The van der Waals surface area contributed by atoms with Crippen LogP contribution in [0.2, 0.25) is 0 Å². The monoisotopic (exact) mass is 272 g/mol. The summed E-state index contributed by atoms with van der Waals surface area (Å²) >= 11 is 0. The van der Waals surface area contributed by atoms with Gasteiger partial charge in [0.15, 0.2) is 0 Å². The summed E-state index contributed by atoms with van der Waals surface area (Å²) in [6.45, 7) is 2.15. The molecule has 2 N–H and O–H groups in total. The van der Waals surface area contributed by atoms with Crippen LogP contribution in [0, 0.1) is 5.41 Å². The number of carbonyl (C=O) groups is 1. The van der Waals surface area contributed by atoms with E-state index in [-0.39, 0.29) is 18.0 Å². The molecule has 6 nitrogen and oxygen atoms in total. The fourth-order valence-electron chi connectivity index (χ4n) is 2.05. The highest BCUT2D eigenvalue weighted by molar-refractivity contribution is 7.89. The van der Waals surface area contributed by atoms with Crippen LogP contribution in [0.1, 0.15) is 19.8 Å². The zero-order valence-corrected chi connectivity index (χ0v) is 10.9. The number of rotatable bonds is 3. The summed E-state index contributed by atoms with van der Waals surface area (Å²) in [7, 11) is -3.49. The Morgan fingerprint density at radius 2 is 2.06 bits per heavy atom. The van der Waals surface area contributed by atoms with E-state index in [0.717, 1.165) is 0 Å². The smallest absolute Gasteiger partial charge is 0.309 e. The topological polar surface area (TPSA) is 90.5 Å². The number of aromatic amines is 1. The summed E-state index contributed by atoms with van der Waals surface area (Å²) in [5.41, 5.74) is -0.815. The molecule has 0 saturated carbocycles. The molecule has 0 aliphatic carbocycles. The molecule has 1 aliphatic rings. The molecule has 2 rings (SSSR count). The third-order valence-electron chi connectivity index (χ3n) is 3.55. The number of aromatic nitrogens is 1. The van der Waals surface area contributed by atoms with Gasteiger partial charge in [-0.1, -0.05) is 0 Å². The largest absolute Gasteiger partial charge is 0.481 e. The van der Waals surface area contributed by atoms with Crippen molar-refractivity contribution in [1.82, 2.24) is 9.29 Å². The number of sulfonamides is 1. The number of hydrogen-bond donors (Lipinski definition) is 2. The van der Waals surface area contributed by atoms with Gasteiger partial charge in [-0.3, -0.25) is 4.79 Å². The molecule has 1 fully saturated rings. The van der Waals surface area contributed by atoms with Crippen LogP contribution in [0.5, 0.6) is 0 Å². The van der Waals surface area contributed by atoms with Crippen molar-refractivity contribution in [2.24, 2.45) is 5.41 Å². The minimum absolute atomic E-state index is 0.224. The van der Waals surface area contributed by atoms with E-state index in [4.69, 9.17) is 5.11 Å². The lowest BCUT2D eigenvalue weighted by Gasteiger charge is -2.35. The van der Waals surface area contributed by atoms with Crippen molar-refractivity contribution in [3.8, 4) is 0 Å². The highest BCUT2D eigenvalue weighted by Crippen LogP contribution is 2.33. The molecule has 1 saturated heterocycles. The van der Waals surface area contributed by atoms with Crippen LogP contribution in [0.3, 0.4) is 0 Å². The van der Waals surface area contributed by atoms with Crippen molar-refractivity contribution in [2.45, 2.75) is 24.7 Å². The Labute approximate surface area is 106 Å². The standard InChI is InChI=1S/C11H16N2O4S/c1-11(10(14)15)3-6-13(7-4-11)18(16,17)9-2-5-12-8-9/h2,5,8,12H,3-4,6-7H2,1H3,(H,14,15). The van der Waals surface area contributed by atoms with Gasteiger partial charge < -0.3 is 10.1 Å². The molecule has 1 aromatic rings. The number of piperidine rings is 1. The van der Waals surface area contributed by atoms with Gasteiger partial charge >= 0.3 is 5.97 Å². The van der Waals surface area contributed by atoms with Crippen molar-refractivity contribution in [3.05, 3.63) is 18.5 Å². The number of nitrogens with one attached hydrogen (secondary N) is 1. The average molecular weight is 272 g/mol. The fourth-order valence-corrected chi connectivity index (χ4v) is 3.47. The van der Waals surface area contributed by atoms with Crippen molar-refractivity contribution in [3.63, 3.8) is 0 Å². The third kappa shape index (κ3) is 2.15. The minimum atomic E-state index is -3.49. The van der Waals surface area contributed by atoms with E-state index in [0.29, 0.717) is 12.8 Å². The lowest BCUT2D eigenvalue weighted by Crippen LogP contribution is -2.45. The molecule has 7 heteroatoms. The highest BCUT2D eigenvalue weighted by Gasteiger charge is 2.40. The summed E-state index contributed by atoms with van der Waals surface area (Å²) in [5.74, 6) is -0.860. The lowest BCUT2D eigenvalue weighted by molar-refractivity contribution is -0.150. The molecular weight excluding hydrogens is 256 g/mol. The SMILES string of the molecule is CC1(C(=O)O)CCN(S(=O)(=O)c2cc[nH]c2)CC1. The van der Waals surface area contributed by atoms with Crippen LogP contribution in [0.25, 0.3) is 0 Å². The van der Waals surface area contributed by atoms with Crippen molar-refractivity contribution in [2.75, 3.05) is 13.1 Å². The second kappa shape index (κ2) is 4.40. The van der Waals surface area contributed by atoms with Gasteiger partial charge in [0.25, 0.3) is 0 Å². The average Bonchev–Trinajstić information content (AvgIpc) is 2.83. The Bertz CT molecular complexity index is 527. The molecule has 0 bridgehead atoms. The van der Waals surface area contributed by atoms with Gasteiger partial charge in [0, 0.05) is 25.5 Å². The molecule has 0 amide bonds. The van der Waals surface area contributed by atoms with E-state index in [1.54, 1.807) is 13.1 Å². The molecule has 0 spiro atoms. The highest BCUT2D eigenvalue weighted by atomic mass is 32.2. The maximum atomic E-state index is 12.2. The lowest BCUT2D eigenvalue weighted by atomic mass is 9.81. The molecule has 1 aromatic heterocycles. The Balaban J connectivity index is 2.14. The van der Waals surface area contributed by atoms with Gasteiger partial charge in [-0.15, -0.1) is 0 Å². The molecule has 0 aromatic carbocycles. The number of carboxylic acids is 1. The molecular formula is C11H16N2O4S. The van der Waals surface area contributed by atoms with Crippen LogP contribution < -0.4 is 0 Å². The summed E-state index contributed by atoms with van der Waals surface area (Å²) in [4.78, 5) is 14.0. The molecule has 0 atom stereocenters. The van der Waals surface area contributed by atoms with Gasteiger partial charge in [-0.25, -0.2) is 8.42 Å². The number of carboxylic acid groups (broad SMARTS) is 1. The number of nitrogens with zero attached hydrogens (tertiary/aromatic N) is 1. The summed E-state index contributed by atoms with van der Waals surface area (Å²) < 4.78 is 25.7. The molecule has 0 unspecified atom stereocenters. The fraction of sp³-hybridized carbons (Fsp3) is 0.545. The zero-order chi connectivity index (χ0) is 13.4. The second-order valence-corrected chi connectivity index (χ2v) is 6.75. The Morgan fingerprint density at radius 3 is 2.50 bits per heavy atom. The minimum Gasteiger partial charge on any atom is -0.481 e. The first-order chi connectivity index (χ1) is 8.36. The Kier molecular flexibility index (Phi) is 3.20. The first-order valence-electron chi connectivity index (χ1n) is 5.73. The summed E-state index contributed by atoms with van der Waals surface area (Å²) in [6, 6.07) is 1.50. The Hall–Kier alpha value is -1.34. The van der Waals surface area contributed by atoms with Crippen LogP contribution in [0.15, 0.2) is 23.4 Å². The van der Waals surface area contributed by atoms with Gasteiger partial charge in [-0.05, 0) is 25.8 Å². The molecule has 18 heavy (non-hydrogen) atoms. The van der Waals surface area contributed by atoms with E-state index in [1.807, 2.05) is 0 Å². The van der Waals surface area contributed by atoms with E-state index in [9.17, 15) is 13.2 Å². The van der Waals surface area contributed by atoms with Gasteiger partial charge in [0.1, 0.15) is 0 Å². The van der Waals surface area contributed by atoms with Crippen molar-refractivity contribution in [1.29, 1.82) is 0 Å². The van der Waals surface area contributed by atoms with Gasteiger partial charge in [0.2, 0.25) is 10.0 Å². The first kappa shape index (κ1) is 13.1. The predicted octanol–water partition coefficient (Wildman–Crippen LogP) is 0.890.